The van der Waals surface area contributed by atoms with E-state index in [0.717, 1.165) is 5.92 Å². The van der Waals surface area contributed by atoms with Crippen LogP contribution in [0, 0.1) is 11.8 Å². The molecule has 1 aliphatic rings. The molecule has 0 spiro atoms. The van der Waals surface area contributed by atoms with E-state index < -0.39 is 0 Å². The molecule has 0 heterocycles. The zero-order chi connectivity index (χ0) is 9.14. The highest BCUT2D eigenvalue weighted by molar-refractivity contribution is 5.35. The molecule has 0 unspecified atom stereocenters. The Kier molecular flexibility index (Phi) is 3.13. The highest BCUT2D eigenvalue weighted by Gasteiger charge is 2.12. The van der Waals surface area contributed by atoms with Gasteiger partial charge in [0.05, 0.1) is 0 Å². The van der Waals surface area contributed by atoms with Crippen molar-refractivity contribution in [3.63, 3.8) is 0 Å². The molecule has 0 amide bonds. The Morgan fingerprint density at radius 2 is 1.92 bits per heavy atom. The summed E-state index contributed by atoms with van der Waals surface area (Å²) in [6, 6.07) is 0. The fourth-order valence-corrected chi connectivity index (χ4v) is 1.86. The Bertz CT molecular complexity index is 204. The average molecular weight is 164 g/mol. The van der Waals surface area contributed by atoms with E-state index in [0.29, 0.717) is 5.92 Å². The van der Waals surface area contributed by atoms with Gasteiger partial charge >= 0.3 is 0 Å². The van der Waals surface area contributed by atoms with Gasteiger partial charge in [-0.2, -0.15) is 0 Å². The first-order valence-electron chi connectivity index (χ1n) is 4.99. The number of hydrogen-bond acceptors (Lipinski definition) is 0. The first-order valence-corrected chi connectivity index (χ1v) is 4.99. The van der Waals surface area contributed by atoms with Gasteiger partial charge in [-0.15, -0.1) is 0 Å². The van der Waals surface area contributed by atoms with Gasteiger partial charge in [-0.3, -0.25) is 0 Å². The van der Waals surface area contributed by atoms with Crippen molar-refractivity contribution in [2.45, 2.75) is 40.5 Å². The monoisotopic (exact) mass is 164 g/mol. The quantitative estimate of drug-likeness (QED) is 0.592. The van der Waals surface area contributed by atoms with Crippen LogP contribution < -0.4 is 0 Å². The fourth-order valence-electron chi connectivity index (χ4n) is 1.86. The minimum absolute atomic E-state index is 0.706. The van der Waals surface area contributed by atoms with E-state index in [1.807, 2.05) is 0 Å². The molecule has 0 saturated carbocycles. The molecule has 0 aromatic rings. The van der Waals surface area contributed by atoms with Crippen molar-refractivity contribution in [3.05, 3.63) is 23.3 Å². The first-order chi connectivity index (χ1) is 5.61. The van der Waals surface area contributed by atoms with Crippen molar-refractivity contribution in [1.82, 2.24) is 0 Å². The summed E-state index contributed by atoms with van der Waals surface area (Å²) in [5.74, 6) is 1.51. The van der Waals surface area contributed by atoms with E-state index in [2.05, 4.69) is 39.8 Å². The second kappa shape index (κ2) is 3.93. The second-order valence-electron chi connectivity index (χ2n) is 4.42. The molecular formula is C12H20. The van der Waals surface area contributed by atoms with E-state index in [1.165, 1.54) is 12.8 Å². The second-order valence-corrected chi connectivity index (χ2v) is 4.42. The molecule has 0 heteroatoms. The van der Waals surface area contributed by atoms with Crippen LogP contribution >= 0.6 is 0 Å². The van der Waals surface area contributed by atoms with Crippen molar-refractivity contribution in [2.75, 3.05) is 0 Å². The summed E-state index contributed by atoms with van der Waals surface area (Å²) in [6.45, 7) is 9.16. The Labute approximate surface area is 76.4 Å². The molecule has 0 saturated heterocycles. The zero-order valence-electron chi connectivity index (χ0n) is 8.72. The Hall–Kier alpha value is -0.520. The molecule has 0 nitrogen and oxygen atoms in total. The van der Waals surface area contributed by atoms with E-state index >= 15 is 0 Å². The van der Waals surface area contributed by atoms with Crippen LogP contribution in [-0.4, -0.2) is 0 Å². The zero-order valence-corrected chi connectivity index (χ0v) is 8.72. The topological polar surface area (TPSA) is 0 Å². The van der Waals surface area contributed by atoms with Gasteiger partial charge in [-0.1, -0.05) is 45.4 Å². The predicted molar refractivity (Wildman–Crippen MR) is 55.1 cm³/mol. The van der Waals surface area contributed by atoms with Gasteiger partial charge < -0.3 is 0 Å². The van der Waals surface area contributed by atoms with Crippen LogP contribution in [0.25, 0.3) is 0 Å². The highest BCUT2D eigenvalue weighted by Crippen LogP contribution is 2.29. The minimum Gasteiger partial charge on any atom is -0.0802 e. The smallest absolute Gasteiger partial charge is 0.0130 e. The number of rotatable bonds is 3. The molecular weight excluding hydrogens is 144 g/mol. The molecule has 1 rings (SSSR count). The third-order valence-electron chi connectivity index (χ3n) is 2.35. The maximum atomic E-state index is 2.31. The number of allylic oxidation sites excluding steroid dienone is 4. The summed E-state index contributed by atoms with van der Waals surface area (Å²) < 4.78 is 0. The summed E-state index contributed by atoms with van der Waals surface area (Å²) in [5.41, 5.74) is 3.25. The van der Waals surface area contributed by atoms with Gasteiger partial charge in [0.1, 0.15) is 0 Å². The first kappa shape index (κ1) is 9.57. The van der Waals surface area contributed by atoms with Gasteiger partial charge in [-0.05, 0) is 30.3 Å². The Morgan fingerprint density at radius 1 is 1.25 bits per heavy atom. The molecule has 0 N–H and O–H groups in total. The van der Waals surface area contributed by atoms with Gasteiger partial charge in [0.2, 0.25) is 0 Å². The lowest BCUT2D eigenvalue weighted by molar-refractivity contribution is 0.625. The van der Waals surface area contributed by atoms with Crippen LogP contribution in [0.2, 0.25) is 0 Å². The molecule has 0 fully saturated rings. The SMILES string of the molecule is CC(C)CC1=C(C(C)C)C=CC1. The lowest BCUT2D eigenvalue weighted by Gasteiger charge is -2.12. The molecule has 0 aliphatic heterocycles. The third kappa shape index (κ3) is 2.23. The minimum atomic E-state index is 0.706. The summed E-state index contributed by atoms with van der Waals surface area (Å²) in [5, 5.41) is 0. The predicted octanol–water partition coefficient (Wildman–Crippen LogP) is 3.95. The Balaban J connectivity index is 2.68. The van der Waals surface area contributed by atoms with Crippen molar-refractivity contribution >= 4 is 0 Å². The Morgan fingerprint density at radius 3 is 2.42 bits per heavy atom. The fraction of sp³-hybridized carbons (Fsp3) is 0.667. The van der Waals surface area contributed by atoms with Crippen LogP contribution in [0.5, 0.6) is 0 Å². The summed E-state index contributed by atoms with van der Waals surface area (Å²) in [6.07, 6.45) is 7.08. The standard InChI is InChI=1S/C12H20/c1-9(2)8-11-6-5-7-12(11)10(3)4/h5,7,9-10H,6,8H2,1-4H3. The van der Waals surface area contributed by atoms with Crippen LogP contribution in [0.15, 0.2) is 23.3 Å². The van der Waals surface area contributed by atoms with Crippen LogP contribution in [0.3, 0.4) is 0 Å². The van der Waals surface area contributed by atoms with Gasteiger partial charge in [0.15, 0.2) is 0 Å². The van der Waals surface area contributed by atoms with E-state index in [4.69, 9.17) is 0 Å². The van der Waals surface area contributed by atoms with Crippen LogP contribution in [-0.2, 0) is 0 Å². The number of hydrogen-bond donors (Lipinski definition) is 0. The molecule has 68 valence electrons. The van der Waals surface area contributed by atoms with Crippen molar-refractivity contribution in [1.29, 1.82) is 0 Å². The van der Waals surface area contributed by atoms with Gasteiger partial charge in [0.25, 0.3) is 0 Å². The van der Waals surface area contributed by atoms with E-state index in [9.17, 15) is 0 Å². The maximum absolute atomic E-state index is 2.31. The van der Waals surface area contributed by atoms with Crippen LogP contribution in [0.1, 0.15) is 40.5 Å². The van der Waals surface area contributed by atoms with Crippen molar-refractivity contribution < 1.29 is 0 Å². The lowest BCUT2D eigenvalue weighted by atomic mass is 9.94. The summed E-state index contributed by atoms with van der Waals surface area (Å²) in [7, 11) is 0. The summed E-state index contributed by atoms with van der Waals surface area (Å²) in [4.78, 5) is 0. The summed E-state index contributed by atoms with van der Waals surface area (Å²) >= 11 is 0. The van der Waals surface area contributed by atoms with Gasteiger partial charge in [0, 0.05) is 0 Å². The molecule has 12 heavy (non-hydrogen) atoms. The van der Waals surface area contributed by atoms with E-state index in [1.54, 1.807) is 11.1 Å². The van der Waals surface area contributed by atoms with Gasteiger partial charge in [-0.25, -0.2) is 0 Å². The maximum Gasteiger partial charge on any atom is -0.0130 e. The van der Waals surface area contributed by atoms with E-state index in [-0.39, 0.29) is 0 Å². The third-order valence-corrected chi connectivity index (χ3v) is 2.35. The molecule has 1 aliphatic carbocycles. The molecule has 0 atom stereocenters. The van der Waals surface area contributed by atoms with Crippen molar-refractivity contribution in [2.24, 2.45) is 11.8 Å². The molecule has 0 aromatic carbocycles. The van der Waals surface area contributed by atoms with Crippen molar-refractivity contribution in [3.8, 4) is 0 Å². The van der Waals surface area contributed by atoms with Crippen LogP contribution in [0.4, 0.5) is 0 Å². The normalized spacial score (nSPS) is 17.2. The average Bonchev–Trinajstić information content (AvgIpc) is 2.33. The molecule has 0 radical (unpaired) electrons. The molecule has 0 bridgehead atoms. The lowest BCUT2D eigenvalue weighted by Crippen LogP contribution is -1.96. The highest BCUT2D eigenvalue weighted by atomic mass is 14.2. The largest absolute Gasteiger partial charge is 0.0802 e. The molecule has 0 aromatic heterocycles.